The number of hydrogen-bond donors (Lipinski definition) is 0. The van der Waals surface area contributed by atoms with Gasteiger partial charge in [-0.3, -0.25) is 0 Å². The number of benzene rings is 1. The summed E-state index contributed by atoms with van der Waals surface area (Å²) in [5, 5.41) is 6.33. The van der Waals surface area contributed by atoms with E-state index in [1.807, 2.05) is 38.1 Å². The zero-order chi connectivity index (χ0) is 15.1. The minimum absolute atomic E-state index is 0.657. The summed E-state index contributed by atoms with van der Waals surface area (Å²) in [6.45, 7) is 3.98. The molecule has 0 aliphatic carbocycles. The van der Waals surface area contributed by atoms with E-state index in [1.54, 1.807) is 27.6 Å². The van der Waals surface area contributed by atoms with Gasteiger partial charge in [0.2, 0.25) is 5.16 Å². The van der Waals surface area contributed by atoms with Gasteiger partial charge in [-0.1, -0.05) is 23.9 Å². The van der Waals surface area contributed by atoms with Crippen LogP contribution >= 0.6 is 23.1 Å². The topological polar surface area (TPSA) is 56.0 Å². The minimum atomic E-state index is 0.657. The van der Waals surface area contributed by atoms with Crippen LogP contribution in [0.25, 0.3) is 16.0 Å². The van der Waals surface area contributed by atoms with Crippen molar-refractivity contribution < 1.29 is 0 Å². The van der Waals surface area contributed by atoms with Crippen molar-refractivity contribution in [1.82, 2.24) is 24.6 Å². The van der Waals surface area contributed by atoms with Gasteiger partial charge in [0.15, 0.2) is 0 Å². The number of rotatable bonds is 3. The van der Waals surface area contributed by atoms with E-state index in [4.69, 9.17) is 0 Å². The summed E-state index contributed by atoms with van der Waals surface area (Å²) in [4.78, 5) is 13.5. The molecule has 22 heavy (non-hydrogen) atoms. The van der Waals surface area contributed by atoms with E-state index in [9.17, 15) is 0 Å². The molecule has 110 valence electrons. The van der Waals surface area contributed by atoms with Gasteiger partial charge in [-0.15, -0.1) is 16.4 Å². The van der Waals surface area contributed by atoms with Gasteiger partial charge in [0.1, 0.15) is 5.01 Å². The Kier molecular flexibility index (Phi) is 3.31. The molecule has 3 heterocycles. The highest BCUT2D eigenvalue weighted by Crippen LogP contribution is 2.27. The first-order valence-electron chi connectivity index (χ1n) is 6.87. The van der Waals surface area contributed by atoms with Crippen LogP contribution in [0, 0.1) is 13.8 Å². The summed E-state index contributed by atoms with van der Waals surface area (Å²) < 4.78 is 3.00. The van der Waals surface area contributed by atoms with Gasteiger partial charge >= 0.3 is 0 Å². The van der Waals surface area contributed by atoms with Gasteiger partial charge in [0, 0.05) is 11.4 Å². The van der Waals surface area contributed by atoms with E-state index in [0.717, 1.165) is 32.8 Å². The predicted octanol–water partition coefficient (Wildman–Crippen LogP) is 3.64. The fraction of sp³-hybridized carbons (Fsp3) is 0.200. The Morgan fingerprint density at radius 2 is 2.00 bits per heavy atom. The maximum Gasteiger partial charge on any atom is 0.253 e. The zero-order valence-electron chi connectivity index (χ0n) is 12.1. The second kappa shape index (κ2) is 5.33. The number of thioether (sulfide) groups is 1. The molecule has 0 aliphatic heterocycles. The molecule has 0 radical (unpaired) electrons. The number of nitrogens with zero attached hydrogens (tertiary/aromatic N) is 5. The molecule has 0 spiro atoms. The number of para-hydroxylation sites is 1. The second-order valence-corrected chi connectivity index (χ2v) is 7.07. The van der Waals surface area contributed by atoms with Gasteiger partial charge < -0.3 is 0 Å². The summed E-state index contributed by atoms with van der Waals surface area (Å²) >= 11 is 3.31. The highest BCUT2D eigenvalue weighted by molar-refractivity contribution is 7.98. The van der Waals surface area contributed by atoms with E-state index in [1.165, 1.54) is 4.70 Å². The average Bonchev–Trinajstić information content (AvgIpc) is 3.07. The Bertz CT molecular complexity index is 940. The van der Waals surface area contributed by atoms with Crippen LogP contribution in [0.1, 0.15) is 16.4 Å². The Labute approximate surface area is 135 Å². The summed E-state index contributed by atoms with van der Waals surface area (Å²) in [7, 11) is 0. The molecule has 4 rings (SSSR count). The van der Waals surface area contributed by atoms with Crippen molar-refractivity contribution in [2.24, 2.45) is 0 Å². The lowest BCUT2D eigenvalue weighted by molar-refractivity contribution is 0.843. The van der Waals surface area contributed by atoms with Crippen molar-refractivity contribution in [3.8, 4) is 0 Å². The van der Waals surface area contributed by atoms with E-state index >= 15 is 0 Å². The van der Waals surface area contributed by atoms with E-state index < -0.39 is 0 Å². The summed E-state index contributed by atoms with van der Waals surface area (Å²) in [6.07, 6.45) is 0. The third-order valence-corrected chi connectivity index (χ3v) is 5.33. The minimum Gasteiger partial charge on any atom is -0.240 e. The van der Waals surface area contributed by atoms with E-state index in [-0.39, 0.29) is 0 Å². The number of fused-ring (bicyclic) bond motifs is 2. The molecule has 0 saturated carbocycles. The molecular weight excluding hydrogens is 314 g/mol. The monoisotopic (exact) mass is 327 g/mol. The smallest absolute Gasteiger partial charge is 0.240 e. The van der Waals surface area contributed by atoms with Gasteiger partial charge in [0.05, 0.1) is 16.0 Å². The molecule has 0 atom stereocenters. The van der Waals surface area contributed by atoms with Gasteiger partial charge in [-0.2, -0.15) is 4.98 Å². The molecule has 0 bridgehead atoms. The zero-order valence-corrected chi connectivity index (χ0v) is 13.8. The molecule has 7 heteroatoms. The first kappa shape index (κ1) is 13.7. The summed E-state index contributed by atoms with van der Waals surface area (Å²) in [5.74, 6) is 1.43. The van der Waals surface area contributed by atoms with Crippen molar-refractivity contribution in [3.63, 3.8) is 0 Å². The molecule has 0 fully saturated rings. The fourth-order valence-electron chi connectivity index (χ4n) is 2.32. The van der Waals surface area contributed by atoms with Crippen molar-refractivity contribution in [2.75, 3.05) is 0 Å². The number of hydrogen-bond acceptors (Lipinski definition) is 6. The van der Waals surface area contributed by atoms with E-state index in [0.29, 0.717) is 5.78 Å². The molecule has 1 aromatic carbocycles. The fourth-order valence-corrected chi connectivity index (χ4v) is 4.09. The predicted molar refractivity (Wildman–Crippen MR) is 89.4 cm³/mol. The normalized spacial score (nSPS) is 11.5. The maximum atomic E-state index is 4.63. The lowest BCUT2D eigenvalue weighted by Crippen LogP contribution is -1.97. The number of aryl methyl sites for hydroxylation is 2. The van der Waals surface area contributed by atoms with Crippen LogP contribution in [0.4, 0.5) is 0 Å². The van der Waals surface area contributed by atoms with Crippen molar-refractivity contribution in [3.05, 3.63) is 46.7 Å². The Morgan fingerprint density at radius 3 is 2.86 bits per heavy atom. The van der Waals surface area contributed by atoms with Gasteiger partial charge in [-0.05, 0) is 32.0 Å². The lowest BCUT2D eigenvalue weighted by Gasteiger charge is -1.97. The maximum absolute atomic E-state index is 4.63. The number of aromatic nitrogens is 5. The summed E-state index contributed by atoms with van der Waals surface area (Å²) in [6, 6.07) is 10.2. The van der Waals surface area contributed by atoms with Gasteiger partial charge in [0.25, 0.3) is 5.78 Å². The molecule has 3 aromatic heterocycles. The Hall–Kier alpha value is -1.99. The van der Waals surface area contributed by atoms with Crippen molar-refractivity contribution in [1.29, 1.82) is 0 Å². The first-order valence-corrected chi connectivity index (χ1v) is 8.67. The molecule has 0 saturated heterocycles. The molecular formula is C15H13N5S2. The van der Waals surface area contributed by atoms with Crippen LogP contribution in [0.2, 0.25) is 0 Å². The first-order chi connectivity index (χ1) is 10.7. The molecule has 0 amide bonds. The molecule has 0 unspecified atom stereocenters. The van der Waals surface area contributed by atoms with Crippen LogP contribution in [0.3, 0.4) is 0 Å². The average molecular weight is 327 g/mol. The SMILES string of the molecule is Cc1cc(C)n2nc(SCc3nc4ccccc4s3)nc2n1. The second-order valence-electron chi connectivity index (χ2n) is 5.01. The van der Waals surface area contributed by atoms with Crippen LogP contribution in [-0.2, 0) is 5.75 Å². The molecule has 5 nitrogen and oxygen atoms in total. The third kappa shape index (κ3) is 2.46. The third-order valence-electron chi connectivity index (χ3n) is 3.26. The number of thiazole rings is 1. The highest BCUT2D eigenvalue weighted by Gasteiger charge is 2.10. The summed E-state index contributed by atoms with van der Waals surface area (Å²) in [5.41, 5.74) is 3.06. The van der Waals surface area contributed by atoms with Crippen LogP contribution in [-0.4, -0.2) is 24.6 Å². The van der Waals surface area contributed by atoms with Crippen LogP contribution in [0.5, 0.6) is 0 Å². The van der Waals surface area contributed by atoms with Crippen molar-refractivity contribution >= 4 is 39.1 Å². The Morgan fingerprint density at radius 1 is 1.14 bits per heavy atom. The standard InChI is InChI=1S/C15H13N5S2/c1-9-7-10(2)20-14(16-9)18-15(19-20)21-8-13-17-11-5-3-4-6-12(11)22-13/h3-7H,8H2,1-2H3. The van der Waals surface area contributed by atoms with E-state index in [2.05, 4.69) is 26.1 Å². The Balaban J connectivity index is 1.59. The lowest BCUT2D eigenvalue weighted by atomic mass is 10.3. The van der Waals surface area contributed by atoms with Gasteiger partial charge in [-0.25, -0.2) is 14.5 Å². The van der Waals surface area contributed by atoms with Crippen LogP contribution < -0.4 is 0 Å². The quantitative estimate of drug-likeness (QED) is 0.538. The molecule has 4 aromatic rings. The van der Waals surface area contributed by atoms with Crippen LogP contribution in [0.15, 0.2) is 35.5 Å². The largest absolute Gasteiger partial charge is 0.253 e. The molecule has 0 aliphatic rings. The highest BCUT2D eigenvalue weighted by atomic mass is 32.2. The molecule has 0 N–H and O–H groups in total. The van der Waals surface area contributed by atoms with Crippen molar-refractivity contribution in [2.45, 2.75) is 24.8 Å².